The standard InChI is InChI=1S/C21H14F3NO2S2/c22-21(23,24)18-6-2-5-17-16(9-10-25-20(17)18)13-3-1-4-14(11-13)19-8-7-15(28-19)12-29(26)27/h1-11H,12H2,(H,26,27). The summed E-state index contributed by atoms with van der Waals surface area (Å²) in [6, 6.07) is 16.9. The zero-order valence-electron chi connectivity index (χ0n) is 14.8. The predicted octanol–water partition coefficient (Wildman–Crippen LogP) is 6.37. The smallest absolute Gasteiger partial charge is 0.306 e. The molecular formula is C21H14F3NO2S2. The summed E-state index contributed by atoms with van der Waals surface area (Å²) in [4.78, 5) is 5.68. The summed E-state index contributed by atoms with van der Waals surface area (Å²) in [5, 5.41) is 0.432. The summed E-state index contributed by atoms with van der Waals surface area (Å²) < 4.78 is 60.1. The number of benzene rings is 2. The van der Waals surface area contributed by atoms with Crippen molar-refractivity contribution in [1.82, 2.24) is 4.98 Å². The minimum absolute atomic E-state index is 0.0690. The van der Waals surface area contributed by atoms with Gasteiger partial charge in [0.2, 0.25) is 0 Å². The monoisotopic (exact) mass is 433 g/mol. The van der Waals surface area contributed by atoms with Crippen LogP contribution in [0.2, 0.25) is 0 Å². The lowest BCUT2D eigenvalue weighted by Gasteiger charge is -2.12. The average Bonchev–Trinajstić information content (AvgIpc) is 3.14. The lowest BCUT2D eigenvalue weighted by molar-refractivity contribution is -0.136. The van der Waals surface area contributed by atoms with Crippen LogP contribution < -0.4 is 0 Å². The van der Waals surface area contributed by atoms with Crippen molar-refractivity contribution in [3.63, 3.8) is 0 Å². The normalized spacial score (nSPS) is 13.0. The van der Waals surface area contributed by atoms with Crippen LogP contribution >= 0.6 is 11.3 Å². The Morgan fingerprint density at radius 3 is 2.52 bits per heavy atom. The number of hydrogen-bond acceptors (Lipinski definition) is 3. The Labute approximate surface area is 171 Å². The van der Waals surface area contributed by atoms with Gasteiger partial charge in [-0.25, -0.2) is 4.21 Å². The second kappa shape index (κ2) is 7.70. The average molecular weight is 433 g/mol. The Bertz CT molecular complexity index is 1220. The molecule has 0 aliphatic heterocycles. The Morgan fingerprint density at radius 2 is 1.76 bits per heavy atom. The molecule has 0 aliphatic rings. The molecular weight excluding hydrogens is 419 g/mol. The zero-order chi connectivity index (χ0) is 20.6. The first-order valence-electron chi connectivity index (χ1n) is 8.55. The van der Waals surface area contributed by atoms with Crippen molar-refractivity contribution in [3.05, 3.63) is 77.3 Å². The third-order valence-electron chi connectivity index (χ3n) is 4.46. The first kappa shape index (κ1) is 19.8. The van der Waals surface area contributed by atoms with E-state index in [4.69, 9.17) is 4.55 Å². The van der Waals surface area contributed by atoms with Gasteiger partial charge in [-0.05, 0) is 47.0 Å². The molecule has 0 radical (unpaired) electrons. The fourth-order valence-corrected chi connectivity index (χ4v) is 4.91. The highest BCUT2D eigenvalue weighted by atomic mass is 32.2. The van der Waals surface area contributed by atoms with Crippen LogP contribution in [0.25, 0.3) is 32.5 Å². The lowest BCUT2D eigenvalue weighted by atomic mass is 9.97. The Morgan fingerprint density at radius 1 is 1.00 bits per heavy atom. The van der Waals surface area contributed by atoms with Crippen LogP contribution in [0.15, 0.2) is 66.9 Å². The van der Waals surface area contributed by atoms with Crippen LogP contribution in [0.4, 0.5) is 13.2 Å². The van der Waals surface area contributed by atoms with Gasteiger partial charge < -0.3 is 4.55 Å². The van der Waals surface area contributed by atoms with E-state index in [1.54, 1.807) is 18.2 Å². The first-order chi connectivity index (χ1) is 13.8. The van der Waals surface area contributed by atoms with Crippen molar-refractivity contribution in [3.8, 4) is 21.6 Å². The van der Waals surface area contributed by atoms with Crippen molar-refractivity contribution < 1.29 is 21.9 Å². The quantitative estimate of drug-likeness (QED) is 0.381. The van der Waals surface area contributed by atoms with Gasteiger partial charge in [-0.3, -0.25) is 4.98 Å². The van der Waals surface area contributed by atoms with Crippen molar-refractivity contribution >= 4 is 33.3 Å². The Kier molecular flexibility index (Phi) is 5.24. The number of pyridine rings is 1. The second-order valence-corrected chi connectivity index (χ2v) is 8.47. The van der Waals surface area contributed by atoms with Gasteiger partial charge in [-0.2, -0.15) is 13.2 Å². The third kappa shape index (κ3) is 4.10. The maximum absolute atomic E-state index is 13.4. The molecule has 1 atom stereocenters. The highest BCUT2D eigenvalue weighted by Crippen LogP contribution is 2.38. The molecule has 0 aliphatic carbocycles. The Balaban J connectivity index is 1.80. The van der Waals surface area contributed by atoms with Crippen molar-refractivity contribution in [2.75, 3.05) is 0 Å². The summed E-state index contributed by atoms with van der Waals surface area (Å²) in [6.45, 7) is 0. The minimum atomic E-state index is -4.48. The van der Waals surface area contributed by atoms with E-state index in [1.807, 2.05) is 30.3 Å². The molecule has 2 heterocycles. The number of nitrogens with zero attached hydrogens (tertiary/aromatic N) is 1. The fourth-order valence-electron chi connectivity index (χ4n) is 3.23. The van der Waals surface area contributed by atoms with Crippen LogP contribution in [-0.2, 0) is 23.0 Å². The lowest BCUT2D eigenvalue weighted by Crippen LogP contribution is -2.06. The number of para-hydroxylation sites is 1. The molecule has 4 rings (SSSR count). The topological polar surface area (TPSA) is 50.2 Å². The van der Waals surface area contributed by atoms with Crippen LogP contribution in [0.3, 0.4) is 0 Å². The van der Waals surface area contributed by atoms with Gasteiger partial charge in [0.15, 0.2) is 11.1 Å². The van der Waals surface area contributed by atoms with Gasteiger partial charge in [-0.15, -0.1) is 11.3 Å². The summed E-state index contributed by atoms with van der Waals surface area (Å²) in [5.74, 6) is 0.0690. The van der Waals surface area contributed by atoms with E-state index >= 15 is 0 Å². The molecule has 4 aromatic rings. The van der Waals surface area contributed by atoms with Crippen molar-refractivity contribution in [2.24, 2.45) is 0 Å². The molecule has 8 heteroatoms. The fraction of sp³-hybridized carbons (Fsp3) is 0.0952. The predicted molar refractivity (Wildman–Crippen MR) is 110 cm³/mol. The van der Waals surface area contributed by atoms with E-state index in [1.165, 1.54) is 23.6 Å². The van der Waals surface area contributed by atoms with E-state index < -0.39 is 22.8 Å². The Hall–Kier alpha value is -2.55. The number of thiophene rings is 1. The molecule has 29 heavy (non-hydrogen) atoms. The van der Waals surface area contributed by atoms with E-state index in [2.05, 4.69) is 4.98 Å². The molecule has 0 spiro atoms. The molecule has 3 nitrogen and oxygen atoms in total. The molecule has 0 fully saturated rings. The number of rotatable bonds is 4. The van der Waals surface area contributed by atoms with Crippen LogP contribution in [0.5, 0.6) is 0 Å². The summed E-state index contributed by atoms with van der Waals surface area (Å²) in [7, 11) is 0. The van der Waals surface area contributed by atoms with Gasteiger partial charge >= 0.3 is 6.18 Å². The van der Waals surface area contributed by atoms with E-state index in [-0.39, 0.29) is 11.3 Å². The third-order valence-corrected chi connectivity index (χ3v) is 6.34. The van der Waals surface area contributed by atoms with Crippen molar-refractivity contribution in [2.45, 2.75) is 11.9 Å². The van der Waals surface area contributed by atoms with Gasteiger partial charge in [-0.1, -0.05) is 30.3 Å². The van der Waals surface area contributed by atoms with Gasteiger partial charge in [0.25, 0.3) is 0 Å². The highest BCUT2D eigenvalue weighted by Gasteiger charge is 2.33. The maximum atomic E-state index is 13.4. The molecule has 0 bridgehead atoms. The molecule has 0 saturated heterocycles. The summed E-state index contributed by atoms with van der Waals surface area (Å²) in [5.41, 5.74) is 1.49. The zero-order valence-corrected chi connectivity index (χ0v) is 16.4. The number of aromatic nitrogens is 1. The molecule has 0 saturated carbocycles. The van der Waals surface area contributed by atoms with Gasteiger partial charge in [0.1, 0.15) is 0 Å². The van der Waals surface area contributed by atoms with Gasteiger partial charge in [0.05, 0.1) is 16.8 Å². The van der Waals surface area contributed by atoms with Crippen LogP contribution in [0, 0.1) is 0 Å². The number of hydrogen-bond donors (Lipinski definition) is 1. The highest BCUT2D eigenvalue weighted by molar-refractivity contribution is 7.78. The molecule has 2 aromatic carbocycles. The number of alkyl halides is 3. The number of fused-ring (bicyclic) bond motifs is 1. The van der Waals surface area contributed by atoms with E-state index in [0.717, 1.165) is 26.9 Å². The molecule has 148 valence electrons. The first-order valence-corrected chi connectivity index (χ1v) is 10.6. The SMILES string of the molecule is O=S(O)Cc1ccc(-c2cccc(-c3ccnc4c(C(F)(F)F)cccc34)c2)s1. The van der Waals surface area contributed by atoms with Crippen LogP contribution in [-0.4, -0.2) is 13.7 Å². The van der Waals surface area contributed by atoms with Crippen molar-refractivity contribution in [1.29, 1.82) is 0 Å². The largest absolute Gasteiger partial charge is 0.418 e. The summed E-state index contributed by atoms with van der Waals surface area (Å²) >= 11 is -0.494. The van der Waals surface area contributed by atoms with E-state index in [0.29, 0.717) is 10.9 Å². The molecule has 2 aromatic heterocycles. The molecule has 1 N–H and O–H groups in total. The number of halogens is 3. The molecule has 0 amide bonds. The van der Waals surface area contributed by atoms with Crippen LogP contribution in [0.1, 0.15) is 10.4 Å². The summed E-state index contributed by atoms with van der Waals surface area (Å²) in [6.07, 6.45) is -3.09. The molecule has 1 unspecified atom stereocenters. The minimum Gasteiger partial charge on any atom is -0.306 e. The van der Waals surface area contributed by atoms with Gasteiger partial charge in [0, 0.05) is 21.3 Å². The van der Waals surface area contributed by atoms with E-state index in [9.17, 15) is 17.4 Å². The second-order valence-electron chi connectivity index (χ2n) is 6.37. The maximum Gasteiger partial charge on any atom is 0.418 e.